The molecule has 1 rings (SSSR count). The van der Waals surface area contributed by atoms with Gasteiger partial charge in [-0.2, -0.15) is 0 Å². The maximum absolute atomic E-state index is 3.88. The number of aliphatic imine (C=N–C) groups is 1. The molecule has 0 aromatic heterocycles. The molecule has 0 saturated carbocycles. The molecule has 1 heterocycles. The predicted molar refractivity (Wildman–Crippen MR) is 27.9 cm³/mol. The van der Waals surface area contributed by atoms with Crippen LogP contribution < -0.4 is 0 Å². The minimum Gasteiger partial charge on any atom is -0.344 e. The van der Waals surface area contributed by atoms with Crippen LogP contribution in [0.4, 0.5) is 0 Å². The first-order valence-corrected chi connectivity index (χ1v) is 2.24. The zero-order valence-corrected chi connectivity index (χ0v) is 4.47. The molecule has 0 bridgehead atoms. The first-order chi connectivity index (χ1) is 3.29. The standard InChI is InChI=1S/C5H7N2/c1-5-3-7(2)4-6-5/h5H,1-2H3. The molecule has 0 N–H and O–H groups in total. The van der Waals surface area contributed by atoms with Crippen molar-refractivity contribution < 1.29 is 0 Å². The van der Waals surface area contributed by atoms with Crippen LogP contribution in [0.3, 0.4) is 0 Å². The predicted octanol–water partition coefficient (Wildman–Crippen LogP) is 0.264. The molecule has 3 radical (unpaired) electrons. The molecule has 37 valence electrons. The van der Waals surface area contributed by atoms with E-state index in [0.717, 1.165) is 0 Å². The number of hydrogen-bond acceptors (Lipinski definition) is 2. The lowest BCUT2D eigenvalue weighted by molar-refractivity contribution is 0.616. The van der Waals surface area contributed by atoms with Crippen LogP contribution >= 0.6 is 0 Å². The number of rotatable bonds is 0. The molecule has 1 aliphatic heterocycles. The van der Waals surface area contributed by atoms with Crippen molar-refractivity contribution >= 4 is 6.34 Å². The lowest BCUT2D eigenvalue weighted by Gasteiger charge is -2.00. The van der Waals surface area contributed by atoms with Crippen LogP contribution in [0, 0.1) is 6.54 Å². The summed E-state index contributed by atoms with van der Waals surface area (Å²) in [6, 6.07) is 0.213. The van der Waals surface area contributed by atoms with E-state index in [0.29, 0.717) is 0 Å². The monoisotopic (exact) mass is 95.1 g/mol. The van der Waals surface area contributed by atoms with Gasteiger partial charge < -0.3 is 4.90 Å². The van der Waals surface area contributed by atoms with Gasteiger partial charge in [-0.15, -0.1) is 0 Å². The number of likely N-dealkylation sites (N-methyl/N-ethyl adjacent to an activating group) is 1. The molecule has 0 aliphatic carbocycles. The van der Waals surface area contributed by atoms with E-state index in [1.165, 1.54) is 0 Å². The minimum atomic E-state index is 0.213. The Morgan fingerprint density at radius 3 is 2.57 bits per heavy atom. The van der Waals surface area contributed by atoms with Crippen LogP contribution in [0.25, 0.3) is 0 Å². The van der Waals surface area contributed by atoms with E-state index >= 15 is 0 Å². The van der Waals surface area contributed by atoms with Gasteiger partial charge in [0, 0.05) is 7.05 Å². The minimum absolute atomic E-state index is 0.213. The smallest absolute Gasteiger partial charge is 0.167 e. The van der Waals surface area contributed by atoms with Gasteiger partial charge in [0.25, 0.3) is 0 Å². The van der Waals surface area contributed by atoms with E-state index in [9.17, 15) is 0 Å². The molecule has 2 heteroatoms. The third-order valence-electron chi connectivity index (χ3n) is 0.782. The summed E-state index contributed by atoms with van der Waals surface area (Å²) in [5.41, 5.74) is 0. The number of nitrogens with zero attached hydrogens (tertiary/aromatic N) is 2. The Bertz CT molecular complexity index is 78.1. The second kappa shape index (κ2) is 1.52. The maximum Gasteiger partial charge on any atom is 0.167 e. The van der Waals surface area contributed by atoms with Gasteiger partial charge in [-0.1, -0.05) is 0 Å². The van der Waals surface area contributed by atoms with E-state index in [1.54, 1.807) is 4.90 Å². The number of hydrogen-bond donors (Lipinski definition) is 0. The second-order valence-electron chi connectivity index (χ2n) is 1.59. The summed E-state index contributed by atoms with van der Waals surface area (Å²) in [5.74, 6) is 0. The Morgan fingerprint density at radius 1 is 1.71 bits per heavy atom. The first-order valence-electron chi connectivity index (χ1n) is 2.24. The van der Waals surface area contributed by atoms with Gasteiger partial charge in [-0.25, -0.2) is 0 Å². The molecule has 1 atom stereocenters. The van der Waals surface area contributed by atoms with Crippen molar-refractivity contribution in [3.05, 3.63) is 6.54 Å². The molecule has 0 fully saturated rings. The maximum atomic E-state index is 3.88. The molecule has 2 nitrogen and oxygen atoms in total. The van der Waals surface area contributed by atoms with Crippen molar-refractivity contribution in [1.29, 1.82) is 0 Å². The summed E-state index contributed by atoms with van der Waals surface area (Å²) < 4.78 is 0. The first kappa shape index (κ1) is 4.62. The van der Waals surface area contributed by atoms with Gasteiger partial charge in [-0.05, 0) is 6.92 Å². The molecule has 1 unspecified atom stereocenters. The molecular weight excluding hydrogens is 88.1 g/mol. The SMILES string of the molecule is CC1[C]N(C)[C]=N1. The van der Waals surface area contributed by atoms with Gasteiger partial charge in [0.15, 0.2) is 6.34 Å². The summed E-state index contributed by atoms with van der Waals surface area (Å²) in [7, 11) is 1.87. The third kappa shape index (κ3) is 0.918. The van der Waals surface area contributed by atoms with Crippen LogP contribution in [0.2, 0.25) is 0 Å². The van der Waals surface area contributed by atoms with Crippen molar-refractivity contribution in [3.8, 4) is 0 Å². The topological polar surface area (TPSA) is 15.6 Å². The normalized spacial score (nSPS) is 29.4. The Kier molecular flexibility index (Phi) is 1.01. The average Bonchev–Trinajstić information content (AvgIpc) is 1.87. The fourth-order valence-corrected chi connectivity index (χ4v) is 0.511. The summed E-state index contributed by atoms with van der Waals surface area (Å²) in [5, 5.41) is 0. The summed E-state index contributed by atoms with van der Waals surface area (Å²) in [4.78, 5) is 5.59. The molecular formula is C5H7N2. The van der Waals surface area contributed by atoms with E-state index < -0.39 is 0 Å². The van der Waals surface area contributed by atoms with Crippen molar-refractivity contribution in [1.82, 2.24) is 4.90 Å². The van der Waals surface area contributed by atoms with E-state index in [2.05, 4.69) is 17.9 Å². The molecule has 0 amide bonds. The van der Waals surface area contributed by atoms with Gasteiger partial charge in [0.05, 0.1) is 6.04 Å². The van der Waals surface area contributed by atoms with Crippen LogP contribution in [0.5, 0.6) is 0 Å². The van der Waals surface area contributed by atoms with Crippen LogP contribution in [0.15, 0.2) is 4.99 Å². The summed E-state index contributed by atoms with van der Waals surface area (Å²) in [6.07, 6.45) is 2.72. The van der Waals surface area contributed by atoms with Crippen LogP contribution in [0.1, 0.15) is 6.92 Å². The quantitative estimate of drug-likeness (QED) is 0.421. The molecule has 1 aliphatic rings. The largest absolute Gasteiger partial charge is 0.344 e. The molecule has 0 aromatic carbocycles. The lowest BCUT2D eigenvalue weighted by Crippen LogP contribution is -2.09. The highest BCUT2D eigenvalue weighted by molar-refractivity contribution is 5.58. The second-order valence-corrected chi connectivity index (χ2v) is 1.59. The van der Waals surface area contributed by atoms with Crippen molar-refractivity contribution in [3.63, 3.8) is 0 Å². The summed E-state index contributed by atoms with van der Waals surface area (Å²) in [6.45, 7) is 4.94. The van der Waals surface area contributed by atoms with Gasteiger partial charge in [-0.3, -0.25) is 4.99 Å². The van der Waals surface area contributed by atoms with Gasteiger partial charge in [0.1, 0.15) is 6.54 Å². The average molecular weight is 95.1 g/mol. The Labute approximate surface area is 43.8 Å². The molecule has 0 aromatic rings. The fraction of sp³-hybridized carbons (Fsp3) is 0.600. The zero-order valence-electron chi connectivity index (χ0n) is 4.47. The third-order valence-corrected chi connectivity index (χ3v) is 0.782. The highest BCUT2D eigenvalue weighted by Gasteiger charge is 2.09. The molecule has 0 saturated heterocycles. The lowest BCUT2D eigenvalue weighted by atomic mass is 10.4. The highest BCUT2D eigenvalue weighted by atomic mass is 15.2. The Balaban J connectivity index is 2.42. The fourth-order valence-electron chi connectivity index (χ4n) is 0.511. The van der Waals surface area contributed by atoms with E-state index in [-0.39, 0.29) is 6.04 Å². The molecule has 7 heavy (non-hydrogen) atoms. The van der Waals surface area contributed by atoms with Gasteiger partial charge in [0.2, 0.25) is 0 Å². The van der Waals surface area contributed by atoms with Crippen molar-refractivity contribution in [2.75, 3.05) is 7.05 Å². The summed E-state index contributed by atoms with van der Waals surface area (Å²) >= 11 is 0. The molecule has 0 spiro atoms. The zero-order chi connectivity index (χ0) is 5.28. The van der Waals surface area contributed by atoms with Gasteiger partial charge >= 0.3 is 0 Å². The van der Waals surface area contributed by atoms with Crippen molar-refractivity contribution in [2.45, 2.75) is 13.0 Å². The van der Waals surface area contributed by atoms with Crippen LogP contribution in [-0.4, -0.2) is 24.3 Å². The van der Waals surface area contributed by atoms with E-state index in [4.69, 9.17) is 0 Å². The highest BCUT2D eigenvalue weighted by Crippen LogP contribution is 2.03. The van der Waals surface area contributed by atoms with Crippen molar-refractivity contribution in [2.24, 2.45) is 4.99 Å². The van der Waals surface area contributed by atoms with Crippen LogP contribution in [-0.2, 0) is 0 Å². The Morgan fingerprint density at radius 2 is 2.43 bits per heavy atom. The Hall–Kier alpha value is -0.530. The van der Waals surface area contributed by atoms with E-state index in [1.807, 2.05) is 14.0 Å².